The fourth-order valence-electron chi connectivity index (χ4n) is 1.66. The van der Waals surface area contributed by atoms with Crippen molar-refractivity contribution in [1.29, 1.82) is 0 Å². The molecular formula is C15H17NO3. The highest BCUT2D eigenvalue weighted by Crippen LogP contribution is 2.02. The predicted molar refractivity (Wildman–Crippen MR) is 71.8 cm³/mol. The van der Waals surface area contributed by atoms with Gasteiger partial charge in [0, 0.05) is 6.54 Å². The molecule has 1 aromatic carbocycles. The van der Waals surface area contributed by atoms with Crippen LogP contribution in [0.5, 0.6) is 0 Å². The topological polar surface area (TPSA) is 51.5 Å². The predicted octanol–water partition coefficient (Wildman–Crippen LogP) is 2.62. The van der Waals surface area contributed by atoms with Crippen LogP contribution in [0.1, 0.15) is 22.5 Å². The van der Waals surface area contributed by atoms with Gasteiger partial charge in [0.25, 0.3) is 0 Å². The summed E-state index contributed by atoms with van der Waals surface area (Å²) < 4.78 is 10.0. The molecule has 4 heteroatoms. The summed E-state index contributed by atoms with van der Waals surface area (Å²) >= 11 is 0. The van der Waals surface area contributed by atoms with Crippen molar-refractivity contribution in [3.63, 3.8) is 0 Å². The van der Waals surface area contributed by atoms with E-state index < -0.39 is 5.97 Å². The Kier molecular flexibility index (Phi) is 5.19. The van der Waals surface area contributed by atoms with E-state index in [0.29, 0.717) is 6.61 Å². The molecule has 0 aliphatic carbocycles. The monoisotopic (exact) mass is 259 g/mol. The van der Waals surface area contributed by atoms with Crippen LogP contribution in [0.15, 0.2) is 53.1 Å². The smallest absolute Gasteiger partial charge is 0.374 e. The van der Waals surface area contributed by atoms with Gasteiger partial charge in [-0.25, -0.2) is 4.79 Å². The first-order chi connectivity index (χ1) is 9.36. The maximum absolute atomic E-state index is 11.4. The lowest BCUT2D eigenvalue weighted by Crippen LogP contribution is -2.17. The molecule has 0 unspecified atom stereocenters. The lowest BCUT2D eigenvalue weighted by atomic mass is 10.2. The molecule has 4 nitrogen and oxygen atoms in total. The van der Waals surface area contributed by atoms with E-state index in [2.05, 4.69) is 17.4 Å². The van der Waals surface area contributed by atoms with Gasteiger partial charge in [0.05, 0.1) is 12.9 Å². The number of esters is 1. The van der Waals surface area contributed by atoms with Crippen molar-refractivity contribution in [2.45, 2.75) is 13.0 Å². The van der Waals surface area contributed by atoms with E-state index in [1.807, 2.05) is 18.2 Å². The van der Waals surface area contributed by atoms with E-state index in [1.165, 1.54) is 11.8 Å². The second-order valence-corrected chi connectivity index (χ2v) is 4.13. The molecule has 0 radical (unpaired) electrons. The minimum atomic E-state index is -0.409. The number of hydrogen-bond acceptors (Lipinski definition) is 4. The number of carbonyl (C=O) groups is 1. The fourth-order valence-corrected chi connectivity index (χ4v) is 1.66. The minimum absolute atomic E-state index is 0.247. The number of nitrogens with one attached hydrogen (secondary N) is 1. The molecule has 0 spiro atoms. The van der Waals surface area contributed by atoms with Crippen molar-refractivity contribution in [2.75, 3.05) is 13.2 Å². The van der Waals surface area contributed by atoms with Gasteiger partial charge in [-0.1, -0.05) is 30.3 Å². The van der Waals surface area contributed by atoms with Crippen molar-refractivity contribution < 1.29 is 13.9 Å². The SMILES string of the molecule is O=C(OCCCNCc1ccccc1)c1ccco1. The van der Waals surface area contributed by atoms with Gasteiger partial charge in [0.1, 0.15) is 0 Å². The Morgan fingerprint density at radius 2 is 2.00 bits per heavy atom. The molecule has 0 saturated carbocycles. The third-order valence-electron chi connectivity index (χ3n) is 2.63. The van der Waals surface area contributed by atoms with Gasteiger partial charge in [0.15, 0.2) is 0 Å². The van der Waals surface area contributed by atoms with Gasteiger partial charge >= 0.3 is 5.97 Å². The highest BCUT2D eigenvalue weighted by molar-refractivity contribution is 5.86. The summed E-state index contributed by atoms with van der Waals surface area (Å²) in [6.07, 6.45) is 2.23. The molecular weight excluding hydrogens is 242 g/mol. The summed E-state index contributed by atoms with van der Waals surface area (Å²) in [7, 11) is 0. The summed E-state index contributed by atoms with van der Waals surface area (Å²) in [5.41, 5.74) is 1.25. The first-order valence-corrected chi connectivity index (χ1v) is 6.31. The average molecular weight is 259 g/mol. The molecule has 2 aromatic rings. The van der Waals surface area contributed by atoms with Crippen molar-refractivity contribution >= 4 is 5.97 Å². The number of ether oxygens (including phenoxy) is 1. The quantitative estimate of drug-likeness (QED) is 0.613. The van der Waals surface area contributed by atoms with Crippen molar-refractivity contribution in [3.05, 3.63) is 60.1 Å². The van der Waals surface area contributed by atoms with E-state index >= 15 is 0 Å². The molecule has 100 valence electrons. The zero-order valence-electron chi connectivity index (χ0n) is 10.7. The number of furan rings is 1. The van der Waals surface area contributed by atoms with Crippen LogP contribution in [0.3, 0.4) is 0 Å². The Morgan fingerprint density at radius 1 is 1.16 bits per heavy atom. The van der Waals surface area contributed by atoms with Gasteiger partial charge in [-0.2, -0.15) is 0 Å². The average Bonchev–Trinajstić information content (AvgIpc) is 2.98. The summed E-state index contributed by atoms with van der Waals surface area (Å²) in [4.78, 5) is 11.4. The molecule has 0 atom stereocenters. The lowest BCUT2D eigenvalue weighted by molar-refractivity contribution is 0.0464. The van der Waals surface area contributed by atoms with Gasteiger partial charge in [-0.3, -0.25) is 0 Å². The summed E-state index contributed by atoms with van der Waals surface area (Å²) in [5, 5.41) is 3.30. The van der Waals surface area contributed by atoms with Crippen molar-refractivity contribution in [1.82, 2.24) is 5.32 Å². The second kappa shape index (κ2) is 7.38. The first-order valence-electron chi connectivity index (χ1n) is 6.31. The van der Waals surface area contributed by atoms with Gasteiger partial charge < -0.3 is 14.5 Å². The van der Waals surface area contributed by atoms with E-state index in [0.717, 1.165) is 19.5 Å². The molecule has 0 aliphatic rings. The summed E-state index contributed by atoms with van der Waals surface area (Å²) in [6.45, 7) is 2.02. The second-order valence-electron chi connectivity index (χ2n) is 4.13. The molecule has 0 bridgehead atoms. The lowest BCUT2D eigenvalue weighted by Gasteiger charge is -2.05. The molecule has 0 saturated heterocycles. The fraction of sp³-hybridized carbons (Fsp3) is 0.267. The number of carbonyl (C=O) groups excluding carboxylic acids is 1. The van der Waals surface area contributed by atoms with Gasteiger partial charge in [-0.15, -0.1) is 0 Å². The van der Waals surface area contributed by atoms with E-state index in [4.69, 9.17) is 9.15 Å². The Hall–Kier alpha value is -2.07. The zero-order valence-corrected chi connectivity index (χ0v) is 10.7. The number of rotatable bonds is 7. The molecule has 19 heavy (non-hydrogen) atoms. The van der Waals surface area contributed by atoms with Crippen LogP contribution in [0.25, 0.3) is 0 Å². The van der Waals surface area contributed by atoms with E-state index in [1.54, 1.807) is 12.1 Å². The van der Waals surface area contributed by atoms with Gasteiger partial charge in [0.2, 0.25) is 5.76 Å². The highest BCUT2D eigenvalue weighted by Gasteiger charge is 2.08. The molecule has 0 fully saturated rings. The minimum Gasteiger partial charge on any atom is -0.460 e. The van der Waals surface area contributed by atoms with Crippen LogP contribution in [0, 0.1) is 0 Å². The molecule has 1 N–H and O–H groups in total. The van der Waals surface area contributed by atoms with Crippen LogP contribution in [0.4, 0.5) is 0 Å². The molecule has 2 rings (SSSR count). The number of hydrogen-bond donors (Lipinski definition) is 1. The Balaban J connectivity index is 1.54. The van der Waals surface area contributed by atoms with Crippen LogP contribution >= 0.6 is 0 Å². The van der Waals surface area contributed by atoms with Crippen LogP contribution < -0.4 is 5.32 Å². The van der Waals surface area contributed by atoms with E-state index in [9.17, 15) is 4.79 Å². The highest BCUT2D eigenvalue weighted by atomic mass is 16.5. The molecule has 1 aromatic heterocycles. The third kappa shape index (κ3) is 4.60. The Morgan fingerprint density at radius 3 is 2.74 bits per heavy atom. The molecule has 1 heterocycles. The normalized spacial score (nSPS) is 10.3. The third-order valence-corrected chi connectivity index (χ3v) is 2.63. The Labute approximate surface area is 112 Å². The van der Waals surface area contributed by atoms with Gasteiger partial charge in [-0.05, 0) is 30.7 Å². The van der Waals surface area contributed by atoms with Crippen molar-refractivity contribution in [3.8, 4) is 0 Å². The maximum atomic E-state index is 11.4. The molecule has 0 aliphatic heterocycles. The maximum Gasteiger partial charge on any atom is 0.374 e. The first kappa shape index (κ1) is 13.4. The van der Waals surface area contributed by atoms with Crippen molar-refractivity contribution in [2.24, 2.45) is 0 Å². The molecule has 0 amide bonds. The number of benzene rings is 1. The van der Waals surface area contributed by atoms with E-state index in [-0.39, 0.29) is 5.76 Å². The Bertz CT molecular complexity index is 479. The largest absolute Gasteiger partial charge is 0.460 e. The van der Waals surface area contributed by atoms with Crippen LogP contribution in [-0.4, -0.2) is 19.1 Å². The standard InChI is InChI=1S/C15H17NO3/c17-15(14-8-4-10-18-14)19-11-5-9-16-12-13-6-2-1-3-7-13/h1-4,6-8,10,16H,5,9,11-12H2. The zero-order chi connectivity index (χ0) is 13.3. The van der Waals surface area contributed by atoms with Crippen LogP contribution in [-0.2, 0) is 11.3 Å². The summed E-state index contributed by atoms with van der Waals surface area (Å²) in [6, 6.07) is 13.4. The summed E-state index contributed by atoms with van der Waals surface area (Å²) in [5.74, 6) is -0.162. The van der Waals surface area contributed by atoms with Crippen LogP contribution in [0.2, 0.25) is 0 Å².